The molecule has 1 aliphatic carbocycles. The highest BCUT2D eigenvalue weighted by atomic mass is 16.5. The van der Waals surface area contributed by atoms with Gasteiger partial charge < -0.3 is 14.6 Å². The van der Waals surface area contributed by atoms with Crippen molar-refractivity contribution >= 4 is 12.3 Å². The molecule has 0 saturated heterocycles. The quantitative estimate of drug-likeness (QED) is 0.651. The van der Waals surface area contributed by atoms with E-state index in [1.54, 1.807) is 13.8 Å². The van der Waals surface area contributed by atoms with Crippen molar-refractivity contribution in [3.05, 3.63) is 0 Å². The Labute approximate surface area is 76.9 Å². The standard InChI is InChI=1S/C9H14O4/c1-8(2)6(4-10)9(8,5-13-3)7(11)12/h4,6H,5H2,1-3H3,(H,11,12). The van der Waals surface area contributed by atoms with Gasteiger partial charge in [-0.1, -0.05) is 13.8 Å². The van der Waals surface area contributed by atoms with Crippen LogP contribution in [-0.2, 0) is 14.3 Å². The first kappa shape index (κ1) is 10.2. The summed E-state index contributed by atoms with van der Waals surface area (Å²) in [6, 6.07) is 0. The third-order valence-corrected chi connectivity index (χ3v) is 3.26. The monoisotopic (exact) mass is 186 g/mol. The van der Waals surface area contributed by atoms with Crippen LogP contribution in [0.1, 0.15) is 13.8 Å². The minimum Gasteiger partial charge on any atom is -0.481 e. The molecule has 1 aliphatic rings. The van der Waals surface area contributed by atoms with Gasteiger partial charge in [0, 0.05) is 13.0 Å². The van der Waals surface area contributed by atoms with E-state index in [1.807, 2.05) is 0 Å². The Balaban J connectivity index is 2.96. The molecule has 2 atom stereocenters. The molecule has 0 aliphatic heterocycles. The Kier molecular flexibility index (Phi) is 2.20. The van der Waals surface area contributed by atoms with Gasteiger partial charge in [0.15, 0.2) is 0 Å². The summed E-state index contributed by atoms with van der Waals surface area (Å²) >= 11 is 0. The van der Waals surface area contributed by atoms with Crippen molar-refractivity contribution < 1.29 is 19.4 Å². The minimum absolute atomic E-state index is 0.0960. The third kappa shape index (κ3) is 1.01. The van der Waals surface area contributed by atoms with E-state index in [0.717, 1.165) is 0 Å². The first-order chi connectivity index (χ1) is 5.95. The zero-order valence-electron chi connectivity index (χ0n) is 8.03. The number of aldehydes is 1. The van der Waals surface area contributed by atoms with Crippen LogP contribution in [-0.4, -0.2) is 31.1 Å². The second kappa shape index (κ2) is 2.80. The van der Waals surface area contributed by atoms with Gasteiger partial charge >= 0.3 is 5.97 Å². The summed E-state index contributed by atoms with van der Waals surface area (Å²) in [7, 11) is 1.45. The fourth-order valence-corrected chi connectivity index (χ4v) is 2.16. The molecule has 0 radical (unpaired) electrons. The number of carboxylic acid groups (broad SMARTS) is 1. The summed E-state index contributed by atoms with van der Waals surface area (Å²) in [5.74, 6) is -1.38. The van der Waals surface area contributed by atoms with Gasteiger partial charge in [-0.25, -0.2) is 0 Å². The van der Waals surface area contributed by atoms with E-state index in [1.165, 1.54) is 7.11 Å². The second-order valence-corrected chi connectivity index (χ2v) is 4.04. The van der Waals surface area contributed by atoms with Crippen LogP contribution in [0.3, 0.4) is 0 Å². The lowest BCUT2D eigenvalue weighted by Gasteiger charge is -2.13. The van der Waals surface area contributed by atoms with Gasteiger partial charge in [-0.05, 0) is 5.41 Å². The maximum Gasteiger partial charge on any atom is 0.313 e. The van der Waals surface area contributed by atoms with E-state index in [2.05, 4.69) is 0 Å². The van der Waals surface area contributed by atoms with Crippen molar-refractivity contribution in [2.75, 3.05) is 13.7 Å². The summed E-state index contributed by atoms with van der Waals surface area (Å²) < 4.78 is 4.86. The molecule has 2 unspecified atom stereocenters. The van der Waals surface area contributed by atoms with Crippen molar-refractivity contribution in [3.8, 4) is 0 Å². The maximum absolute atomic E-state index is 11.0. The molecule has 4 nitrogen and oxygen atoms in total. The van der Waals surface area contributed by atoms with E-state index >= 15 is 0 Å². The van der Waals surface area contributed by atoms with Gasteiger partial charge in [0.1, 0.15) is 11.7 Å². The molecule has 1 fully saturated rings. The number of carbonyl (C=O) groups excluding carboxylic acids is 1. The molecule has 0 aromatic rings. The number of ether oxygens (including phenoxy) is 1. The number of hydrogen-bond acceptors (Lipinski definition) is 3. The molecule has 4 heteroatoms. The summed E-state index contributed by atoms with van der Waals surface area (Å²) in [6.07, 6.45) is 0.715. The van der Waals surface area contributed by atoms with Gasteiger partial charge in [0.2, 0.25) is 0 Å². The largest absolute Gasteiger partial charge is 0.481 e. The molecule has 0 heterocycles. The third-order valence-electron chi connectivity index (χ3n) is 3.26. The van der Waals surface area contributed by atoms with Crippen LogP contribution in [0.2, 0.25) is 0 Å². The first-order valence-corrected chi connectivity index (χ1v) is 4.12. The van der Waals surface area contributed by atoms with E-state index in [9.17, 15) is 9.59 Å². The zero-order chi connectivity index (χ0) is 10.3. The SMILES string of the molecule is COCC1(C(=O)O)C(C=O)C1(C)C. The van der Waals surface area contributed by atoms with Crippen molar-refractivity contribution in [2.24, 2.45) is 16.7 Å². The van der Waals surface area contributed by atoms with Crippen LogP contribution in [0.4, 0.5) is 0 Å². The molecule has 13 heavy (non-hydrogen) atoms. The van der Waals surface area contributed by atoms with Crippen LogP contribution in [0.15, 0.2) is 0 Å². The lowest BCUT2D eigenvalue weighted by molar-refractivity contribution is -0.148. The van der Waals surface area contributed by atoms with Crippen molar-refractivity contribution in [1.82, 2.24) is 0 Å². The number of aliphatic carboxylic acids is 1. The van der Waals surface area contributed by atoms with Gasteiger partial charge in [0.25, 0.3) is 0 Å². The van der Waals surface area contributed by atoms with Crippen LogP contribution in [0.25, 0.3) is 0 Å². The van der Waals surface area contributed by atoms with Gasteiger partial charge in [-0.3, -0.25) is 4.79 Å². The Morgan fingerprint density at radius 1 is 1.62 bits per heavy atom. The fraction of sp³-hybridized carbons (Fsp3) is 0.778. The molecule has 1 rings (SSSR count). The molecule has 0 aromatic heterocycles. The lowest BCUT2D eigenvalue weighted by atomic mass is 9.97. The number of methoxy groups -OCH3 is 1. The Bertz CT molecular complexity index is 246. The van der Waals surface area contributed by atoms with Crippen LogP contribution in [0, 0.1) is 16.7 Å². The minimum atomic E-state index is -1.01. The molecule has 74 valence electrons. The summed E-state index contributed by atoms with van der Waals surface area (Å²) in [4.78, 5) is 21.7. The predicted molar refractivity (Wildman–Crippen MR) is 45.3 cm³/mol. The summed E-state index contributed by atoms with van der Waals surface area (Å²) in [5, 5.41) is 9.03. The molecular formula is C9H14O4. The topological polar surface area (TPSA) is 63.6 Å². The molecule has 0 bridgehead atoms. The van der Waals surface area contributed by atoms with E-state index in [4.69, 9.17) is 9.84 Å². The maximum atomic E-state index is 11.0. The highest BCUT2D eigenvalue weighted by Crippen LogP contribution is 2.68. The van der Waals surface area contributed by atoms with Crippen LogP contribution >= 0.6 is 0 Å². The van der Waals surface area contributed by atoms with Crippen LogP contribution < -0.4 is 0 Å². The smallest absolute Gasteiger partial charge is 0.313 e. The molecule has 1 N–H and O–H groups in total. The number of carboxylic acids is 1. The molecular weight excluding hydrogens is 172 g/mol. The Morgan fingerprint density at radius 3 is 2.38 bits per heavy atom. The van der Waals surface area contributed by atoms with E-state index in [-0.39, 0.29) is 6.61 Å². The van der Waals surface area contributed by atoms with Crippen molar-refractivity contribution in [2.45, 2.75) is 13.8 Å². The van der Waals surface area contributed by atoms with Crippen molar-refractivity contribution in [1.29, 1.82) is 0 Å². The molecule has 0 aromatic carbocycles. The Morgan fingerprint density at radius 2 is 2.15 bits per heavy atom. The van der Waals surface area contributed by atoms with Crippen LogP contribution in [0.5, 0.6) is 0 Å². The zero-order valence-corrected chi connectivity index (χ0v) is 8.03. The predicted octanol–water partition coefficient (Wildman–Crippen LogP) is 0.559. The molecule has 0 spiro atoms. The normalized spacial score (nSPS) is 35.5. The lowest BCUT2D eigenvalue weighted by Crippen LogP contribution is -2.27. The highest BCUT2D eigenvalue weighted by Gasteiger charge is 2.76. The first-order valence-electron chi connectivity index (χ1n) is 4.12. The molecule has 0 amide bonds. The van der Waals surface area contributed by atoms with Gasteiger partial charge in [0.05, 0.1) is 6.61 Å². The summed E-state index contributed by atoms with van der Waals surface area (Å²) in [5.41, 5.74) is -1.50. The highest BCUT2D eigenvalue weighted by molar-refractivity contribution is 5.87. The van der Waals surface area contributed by atoms with E-state index < -0.39 is 22.7 Å². The fourth-order valence-electron chi connectivity index (χ4n) is 2.16. The Hall–Kier alpha value is -0.900. The average Bonchev–Trinajstić information content (AvgIpc) is 2.49. The number of carbonyl (C=O) groups is 2. The number of rotatable bonds is 4. The van der Waals surface area contributed by atoms with Gasteiger partial charge in [-0.15, -0.1) is 0 Å². The van der Waals surface area contributed by atoms with E-state index in [0.29, 0.717) is 6.29 Å². The summed E-state index contributed by atoms with van der Waals surface area (Å²) in [6.45, 7) is 3.65. The molecule has 1 saturated carbocycles. The second-order valence-electron chi connectivity index (χ2n) is 4.04. The average molecular weight is 186 g/mol. The van der Waals surface area contributed by atoms with Crippen molar-refractivity contribution in [3.63, 3.8) is 0 Å². The van der Waals surface area contributed by atoms with Gasteiger partial charge in [-0.2, -0.15) is 0 Å². The number of hydrogen-bond donors (Lipinski definition) is 1.